The van der Waals surface area contributed by atoms with Crippen LogP contribution >= 0.6 is 24.8 Å². The average molecular weight is 532 g/mol. The number of fused-ring (bicyclic) bond motifs is 3. The molecule has 0 unspecified atom stereocenters. The van der Waals surface area contributed by atoms with E-state index in [1.54, 1.807) is 27.8 Å². The molecule has 2 aromatic carbocycles. The van der Waals surface area contributed by atoms with E-state index in [2.05, 4.69) is 56.3 Å². The molecule has 0 N–H and O–H groups in total. The fourth-order valence-electron chi connectivity index (χ4n) is 5.62. The summed E-state index contributed by atoms with van der Waals surface area (Å²) in [5, 5.41) is 0. The maximum atomic E-state index is 2.51. The standard InChI is InChI=1S/C22H21.C6H10.2ClH.Zr/c1-3-15-9-11-21(19(15)4-2)17-10-12-22-18(14-17)13-16-7-5-6-8-20(16)22;1-2-4-6-5-3-1;;;/h5-10,12H,3-4,11,13H2,1-2H3;1-5H2;2*1H;. The third-order valence-electron chi connectivity index (χ3n) is 7.11. The van der Waals surface area contributed by atoms with E-state index in [1.807, 2.05) is 6.48 Å². The molecule has 0 bridgehead atoms. The van der Waals surface area contributed by atoms with E-state index in [4.69, 9.17) is 0 Å². The van der Waals surface area contributed by atoms with Gasteiger partial charge in [-0.1, -0.05) is 0 Å². The van der Waals surface area contributed by atoms with Crippen LogP contribution in [0.2, 0.25) is 0 Å². The largest absolute Gasteiger partial charge is 0.147 e. The van der Waals surface area contributed by atoms with Gasteiger partial charge in [-0.05, 0) is 0 Å². The first kappa shape index (κ1) is 24.9. The van der Waals surface area contributed by atoms with Gasteiger partial charge in [0.05, 0.1) is 0 Å². The van der Waals surface area contributed by atoms with Gasteiger partial charge >= 0.3 is 188 Å². The van der Waals surface area contributed by atoms with Crippen molar-refractivity contribution in [3.63, 3.8) is 0 Å². The van der Waals surface area contributed by atoms with E-state index in [1.165, 1.54) is 61.6 Å². The Morgan fingerprint density at radius 2 is 1.55 bits per heavy atom. The first-order valence-corrected chi connectivity index (χ1v) is 14.0. The maximum Gasteiger partial charge on any atom is -0.147 e. The predicted octanol–water partition coefficient (Wildman–Crippen LogP) is 7.85. The van der Waals surface area contributed by atoms with Crippen LogP contribution in [0.5, 0.6) is 0 Å². The third-order valence-corrected chi connectivity index (χ3v) is 11.2. The first-order valence-electron chi connectivity index (χ1n) is 11.6. The summed E-state index contributed by atoms with van der Waals surface area (Å²) in [7, 11) is 0. The minimum atomic E-state index is -0.698. The fraction of sp³-hybridized carbons (Fsp3) is 0.393. The molecule has 0 radical (unpaired) electrons. The molecule has 0 heterocycles. The Balaban J connectivity index is 0.00000136. The zero-order valence-electron chi connectivity index (χ0n) is 18.7. The van der Waals surface area contributed by atoms with E-state index in [-0.39, 0.29) is 24.8 Å². The monoisotopic (exact) mass is 529 g/mol. The molecule has 0 amide bonds. The quantitative estimate of drug-likeness (QED) is 0.322. The van der Waals surface area contributed by atoms with Crippen molar-refractivity contribution >= 4 is 36.9 Å². The molecule has 0 nitrogen and oxygen atoms in total. The normalized spacial score (nSPS) is 16.7. The minimum Gasteiger partial charge on any atom is -0.147 e. The molecule has 1 saturated carbocycles. The van der Waals surface area contributed by atoms with Crippen molar-refractivity contribution in [3.8, 4) is 11.1 Å². The molecule has 2 aromatic rings. The summed E-state index contributed by atoms with van der Waals surface area (Å²) in [4.78, 5) is 0. The Kier molecular flexibility index (Phi) is 8.76. The van der Waals surface area contributed by atoms with Gasteiger partial charge in [-0.3, -0.25) is 0 Å². The second kappa shape index (κ2) is 10.9. The Bertz CT molecular complexity index is 1050. The van der Waals surface area contributed by atoms with Crippen LogP contribution in [-0.2, 0) is 29.2 Å². The number of halogens is 2. The smallest absolute Gasteiger partial charge is 0.147 e. The predicted molar refractivity (Wildman–Crippen MR) is 137 cm³/mol. The number of benzene rings is 2. The van der Waals surface area contributed by atoms with Gasteiger partial charge < -0.3 is 0 Å². The van der Waals surface area contributed by atoms with Gasteiger partial charge in [0.2, 0.25) is 0 Å². The molecule has 3 heteroatoms. The van der Waals surface area contributed by atoms with Crippen molar-refractivity contribution < 1.29 is 22.8 Å². The van der Waals surface area contributed by atoms with Gasteiger partial charge in [-0.2, -0.15) is 0 Å². The number of allylic oxidation sites excluding steroid dienone is 4. The average Bonchev–Trinajstić information content (AvgIpc) is 3.35. The van der Waals surface area contributed by atoms with Gasteiger partial charge in [0.1, 0.15) is 0 Å². The molecular weight excluding hydrogens is 498 g/mol. The molecule has 0 spiro atoms. The van der Waals surface area contributed by atoms with E-state index >= 15 is 0 Å². The van der Waals surface area contributed by atoms with Crippen molar-refractivity contribution in [3.05, 3.63) is 70.3 Å². The first-order chi connectivity index (χ1) is 14.3. The van der Waals surface area contributed by atoms with Gasteiger partial charge in [0.15, 0.2) is 0 Å². The Morgan fingerprint density at radius 3 is 2.29 bits per heavy atom. The van der Waals surface area contributed by atoms with Crippen molar-refractivity contribution in [2.75, 3.05) is 0 Å². The number of rotatable bonds is 4. The summed E-state index contributed by atoms with van der Waals surface area (Å²) in [6, 6.07) is 14.1. The van der Waals surface area contributed by atoms with Crippen molar-refractivity contribution in [2.24, 2.45) is 0 Å². The SMILES string of the molecule is CCC1=CCC(c2ccc3c([c]2[Zr]=[C]2CCCCC2)Cc2ccccc2-3)=C1CC.Cl.Cl. The second-order valence-corrected chi connectivity index (χ2v) is 12.3. The summed E-state index contributed by atoms with van der Waals surface area (Å²) >= 11 is -0.698. The molecule has 31 heavy (non-hydrogen) atoms. The Hall–Kier alpha value is -0.747. The Labute approximate surface area is 211 Å². The number of hydrogen-bond acceptors (Lipinski definition) is 0. The van der Waals surface area contributed by atoms with Crippen LogP contribution < -0.4 is 3.27 Å². The van der Waals surface area contributed by atoms with Crippen LogP contribution in [0.4, 0.5) is 0 Å². The van der Waals surface area contributed by atoms with Crippen LogP contribution in [0.3, 0.4) is 0 Å². The van der Waals surface area contributed by atoms with Gasteiger partial charge in [-0.25, -0.2) is 0 Å². The van der Waals surface area contributed by atoms with Gasteiger partial charge in [0, 0.05) is 0 Å². The van der Waals surface area contributed by atoms with Crippen LogP contribution in [-0.4, -0.2) is 3.21 Å². The molecule has 3 aliphatic rings. The second-order valence-electron chi connectivity index (χ2n) is 8.74. The van der Waals surface area contributed by atoms with E-state index in [9.17, 15) is 0 Å². The molecule has 0 saturated heterocycles. The van der Waals surface area contributed by atoms with Crippen molar-refractivity contribution in [1.82, 2.24) is 0 Å². The van der Waals surface area contributed by atoms with Crippen molar-refractivity contribution in [2.45, 2.75) is 71.6 Å². The molecule has 0 aromatic heterocycles. The van der Waals surface area contributed by atoms with E-state index in [0.29, 0.717) is 0 Å². The van der Waals surface area contributed by atoms with Crippen LogP contribution in [0.1, 0.15) is 81.9 Å². The van der Waals surface area contributed by atoms with Gasteiger partial charge in [-0.15, -0.1) is 24.8 Å². The molecule has 3 aliphatic carbocycles. The zero-order valence-corrected chi connectivity index (χ0v) is 22.8. The Morgan fingerprint density at radius 1 is 0.806 bits per heavy atom. The summed E-state index contributed by atoms with van der Waals surface area (Å²) in [6.45, 7) is 4.67. The van der Waals surface area contributed by atoms with Crippen LogP contribution in [0.15, 0.2) is 53.6 Å². The fourth-order valence-corrected chi connectivity index (χ4v) is 9.80. The minimum absolute atomic E-state index is 0. The van der Waals surface area contributed by atoms with E-state index in [0.717, 1.165) is 12.8 Å². The van der Waals surface area contributed by atoms with Crippen LogP contribution in [0, 0.1) is 0 Å². The molecular formula is C28H33Cl2Zr. The van der Waals surface area contributed by atoms with Crippen LogP contribution in [0.25, 0.3) is 16.7 Å². The van der Waals surface area contributed by atoms with Crippen molar-refractivity contribution in [1.29, 1.82) is 0 Å². The molecule has 163 valence electrons. The molecule has 1 fully saturated rings. The summed E-state index contributed by atoms with van der Waals surface area (Å²) < 4.78 is 3.79. The molecule has 0 atom stereocenters. The molecule has 5 rings (SSSR count). The number of hydrogen-bond donors (Lipinski definition) is 0. The summed E-state index contributed by atoms with van der Waals surface area (Å²) in [5.41, 5.74) is 12.8. The third kappa shape index (κ3) is 4.66. The van der Waals surface area contributed by atoms with Gasteiger partial charge in [0.25, 0.3) is 0 Å². The maximum absolute atomic E-state index is 2.51. The summed E-state index contributed by atoms with van der Waals surface area (Å²) in [6.07, 6.45) is 14.3. The summed E-state index contributed by atoms with van der Waals surface area (Å²) in [5.74, 6) is 0. The topological polar surface area (TPSA) is 0 Å². The van der Waals surface area contributed by atoms with E-state index < -0.39 is 22.8 Å². The molecule has 0 aliphatic heterocycles. The zero-order chi connectivity index (χ0) is 19.8.